The van der Waals surface area contributed by atoms with E-state index >= 15 is 0 Å². The van der Waals surface area contributed by atoms with Gasteiger partial charge in [0.25, 0.3) is 0 Å². The van der Waals surface area contributed by atoms with E-state index in [0.29, 0.717) is 17.1 Å². The Hall–Kier alpha value is -1.36. The Morgan fingerprint density at radius 3 is 3.05 bits per heavy atom. The first-order valence-corrected chi connectivity index (χ1v) is 7.68. The molecule has 2 aromatic rings. The molecule has 0 radical (unpaired) electrons. The number of aliphatic hydroxyl groups excluding tert-OH is 1. The number of phenols is 1. The van der Waals surface area contributed by atoms with Gasteiger partial charge in [-0.25, -0.2) is 0 Å². The standard InChI is InChI=1S/C16H19ClN2O2/c17-14-8-11(9-19-7-2-1-4-12(19)10-20)16(21)15-13(14)5-3-6-18-15/h3,5-6,8,12,20-21H,1-2,4,7,9-10H2/t12-/m1/s1. The fourth-order valence-electron chi connectivity index (χ4n) is 3.05. The van der Waals surface area contributed by atoms with E-state index in [-0.39, 0.29) is 18.4 Å². The maximum absolute atomic E-state index is 10.5. The summed E-state index contributed by atoms with van der Waals surface area (Å²) >= 11 is 6.30. The first-order chi connectivity index (χ1) is 10.2. The molecule has 0 spiro atoms. The topological polar surface area (TPSA) is 56.6 Å². The largest absolute Gasteiger partial charge is 0.505 e. The molecule has 1 atom stereocenters. The third kappa shape index (κ3) is 2.84. The Bertz CT molecular complexity index is 647. The molecule has 1 aromatic carbocycles. The smallest absolute Gasteiger partial charge is 0.146 e. The number of halogens is 1. The molecule has 1 aromatic heterocycles. The van der Waals surface area contributed by atoms with Crippen molar-refractivity contribution in [3.63, 3.8) is 0 Å². The first-order valence-electron chi connectivity index (χ1n) is 7.30. The van der Waals surface area contributed by atoms with E-state index in [0.717, 1.165) is 36.8 Å². The first kappa shape index (κ1) is 14.6. The van der Waals surface area contributed by atoms with Gasteiger partial charge in [-0.2, -0.15) is 0 Å². The second-order valence-electron chi connectivity index (χ2n) is 5.57. The fraction of sp³-hybridized carbons (Fsp3) is 0.438. The van der Waals surface area contributed by atoms with Crippen LogP contribution in [0.15, 0.2) is 24.4 Å². The molecule has 3 rings (SSSR count). The molecule has 4 nitrogen and oxygen atoms in total. The van der Waals surface area contributed by atoms with E-state index in [1.54, 1.807) is 12.3 Å². The highest BCUT2D eigenvalue weighted by Crippen LogP contribution is 2.34. The number of piperidine rings is 1. The number of nitrogens with zero attached hydrogens (tertiary/aromatic N) is 2. The second kappa shape index (κ2) is 6.18. The zero-order valence-corrected chi connectivity index (χ0v) is 12.6. The molecule has 0 saturated carbocycles. The van der Waals surface area contributed by atoms with Crippen molar-refractivity contribution in [2.75, 3.05) is 13.2 Å². The minimum atomic E-state index is 0.153. The number of likely N-dealkylation sites (tertiary alicyclic amines) is 1. The van der Waals surface area contributed by atoms with E-state index in [1.165, 1.54) is 0 Å². The van der Waals surface area contributed by atoms with Gasteiger partial charge in [-0.3, -0.25) is 9.88 Å². The average molecular weight is 307 g/mol. The monoisotopic (exact) mass is 306 g/mol. The Labute approximate surface area is 129 Å². The summed E-state index contributed by atoms with van der Waals surface area (Å²) in [6.45, 7) is 1.67. The minimum absolute atomic E-state index is 0.153. The summed E-state index contributed by atoms with van der Waals surface area (Å²) in [6, 6.07) is 5.63. The van der Waals surface area contributed by atoms with Gasteiger partial charge in [0.15, 0.2) is 0 Å². The lowest BCUT2D eigenvalue weighted by molar-refractivity contribution is 0.0835. The van der Waals surface area contributed by atoms with Gasteiger partial charge in [0, 0.05) is 29.7 Å². The molecular formula is C16H19ClN2O2. The van der Waals surface area contributed by atoms with Gasteiger partial charge in [0.05, 0.1) is 11.6 Å². The number of aromatic hydroxyl groups is 1. The molecule has 21 heavy (non-hydrogen) atoms. The Morgan fingerprint density at radius 1 is 1.38 bits per heavy atom. The van der Waals surface area contributed by atoms with Gasteiger partial charge in [0.1, 0.15) is 11.3 Å². The third-order valence-electron chi connectivity index (χ3n) is 4.23. The number of rotatable bonds is 3. The summed E-state index contributed by atoms with van der Waals surface area (Å²) in [6.07, 6.45) is 4.92. The average Bonchev–Trinajstić information content (AvgIpc) is 2.53. The molecule has 0 aliphatic carbocycles. The highest BCUT2D eigenvalue weighted by Gasteiger charge is 2.23. The molecule has 2 heterocycles. The van der Waals surface area contributed by atoms with Gasteiger partial charge in [-0.1, -0.05) is 18.0 Å². The van der Waals surface area contributed by atoms with Crippen LogP contribution in [0.5, 0.6) is 5.75 Å². The summed E-state index contributed by atoms with van der Waals surface area (Å²) in [5.74, 6) is 0.192. The van der Waals surface area contributed by atoms with Crippen molar-refractivity contribution in [3.05, 3.63) is 35.0 Å². The fourth-order valence-corrected chi connectivity index (χ4v) is 3.34. The number of benzene rings is 1. The van der Waals surface area contributed by atoms with E-state index in [1.807, 2.05) is 12.1 Å². The lowest BCUT2D eigenvalue weighted by Crippen LogP contribution is -2.41. The normalized spacial score (nSPS) is 20.0. The molecule has 0 unspecified atom stereocenters. The van der Waals surface area contributed by atoms with E-state index in [2.05, 4.69) is 9.88 Å². The summed E-state index contributed by atoms with van der Waals surface area (Å²) in [5.41, 5.74) is 1.31. The van der Waals surface area contributed by atoms with Crippen LogP contribution in [0.2, 0.25) is 5.02 Å². The van der Waals surface area contributed by atoms with Crippen molar-refractivity contribution in [2.24, 2.45) is 0 Å². The van der Waals surface area contributed by atoms with Crippen LogP contribution in [0.4, 0.5) is 0 Å². The van der Waals surface area contributed by atoms with Crippen molar-refractivity contribution in [1.82, 2.24) is 9.88 Å². The molecule has 1 aliphatic heterocycles. The lowest BCUT2D eigenvalue weighted by atomic mass is 10.0. The van der Waals surface area contributed by atoms with Crippen LogP contribution in [0.3, 0.4) is 0 Å². The maximum Gasteiger partial charge on any atom is 0.146 e. The van der Waals surface area contributed by atoms with Crippen LogP contribution < -0.4 is 0 Å². The van der Waals surface area contributed by atoms with Crippen molar-refractivity contribution >= 4 is 22.5 Å². The highest BCUT2D eigenvalue weighted by molar-refractivity contribution is 6.35. The number of hydrogen-bond acceptors (Lipinski definition) is 4. The summed E-state index contributed by atoms with van der Waals surface area (Å²) in [7, 11) is 0. The molecule has 0 amide bonds. The van der Waals surface area contributed by atoms with Crippen molar-refractivity contribution in [2.45, 2.75) is 31.8 Å². The quantitative estimate of drug-likeness (QED) is 0.915. The second-order valence-corrected chi connectivity index (χ2v) is 5.98. The minimum Gasteiger partial charge on any atom is -0.505 e. The third-order valence-corrected chi connectivity index (χ3v) is 4.54. The predicted molar refractivity (Wildman–Crippen MR) is 83.6 cm³/mol. The summed E-state index contributed by atoms with van der Waals surface area (Å²) < 4.78 is 0. The van der Waals surface area contributed by atoms with Gasteiger partial charge in [-0.15, -0.1) is 0 Å². The van der Waals surface area contributed by atoms with E-state index in [9.17, 15) is 10.2 Å². The number of pyridine rings is 1. The van der Waals surface area contributed by atoms with Gasteiger partial charge >= 0.3 is 0 Å². The number of aliphatic hydroxyl groups is 1. The van der Waals surface area contributed by atoms with Crippen LogP contribution in [0.1, 0.15) is 24.8 Å². The molecule has 1 fully saturated rings. The summed E-state index contributed by atoms with van der Waals surface area (Å²) in [5, 5.41) is 21.3. The van der Waals surface area contributed by atoms with Gasteiger partial charge in [0.2, 0.25) is 0 Å². The molecule has 112 valence electrons. The number of fused-ring (bicyclic) bond motifs is 1. The van der Waals surface area contributed by atoms with Crippen LogP contribution in [0, 0.1) is 0 Å². The van der Waals surface area contributed by atoms with E-state index in [4.69, 9.17) is 11.6 Å². The number of hydrogen-bond donors (Lipinski definition) is 2. The molecule has 0 bridgehead atoms. The molecule has 5 heteroatoms. The van der Waals surface area contributed by atoms with Crippen LogP contribution in [-0.2, 0) is 6.54 Å². The Morgan fingerprint density at radius 2 is 2.24 bits per heavy atom. The van der Waals surface area contributed by atoms with E-state index < -0.39 is 0 Å². The molecule has 2 N–H and O–H groups in total. The van der Waals surface area contributed by atoms with Crippen LogP contribution in [0.25, 0.3) is 10.9 Å². The molecular weight excluding hydrogens is 288 g/mol. The SMILES string of the molecule is OC[C@H]1CCCCN1Cc1cc(Cl)c2cccnc2c1O. The lowest BCUT2D eigenvalue weighted by Gasteiger charge is -2.34. The zero-order chi connectivity index (χ0) is 14.8. The van der Waals surface area contributed by atoms with Crippen LogP contribution >= 0.6 is 11.6 Å². The summed E-state index contributed by atoms with van der Waals surface area (Å²) in [4.78, 5) is 6.44. The van der Waals surface area contributed by atoms with Gasteiger partial charge < -0.3 is 10.2 Å². The highest BCUT2D eigenvalue weighted by atomic mass is 35.5. The van der Waals surface area contributed by atoms with Crippen molar-refractivity contribution < 1.29 is 10.2 Å². The van der Waals surface area contributed by atoms with Crippen molar-refractivity contribution in [3.8, 4) is 5.75 Å². The molecule has 1 saturated heterocycles. The zero-order valence-electron chi connectivity index (χ0n) is 11.8. The number of aromatic nitrogens is 1. The Balaban J connectivity index is 1.95. The van der Waals surface area contributed by atoms with Gasteiger partial charge in [-0.05, 0) is 37.6 Å². The van der Waals surface area contributed by atoms with Crippen molar-refractivity contribution in [1.29, 1.82) is 0 Å². The molecule has 1 aliphatic rings. The number of phenolic OH excluding ortho intramolecular Hbond substituents is 1. The predicted octanol–water partition coefficient (Wildman–Crippen LogP) is 2.94. The maximum atomic E-state index is 10.5. The van der Waals surface area contributed by atoms with Crippen LogP contribution in [-0.4, -0.2) is 39.3 Å². The Kier molecular flexibility index (Phi) is 4.29.